The van der Waals surface area contributed by atoms with Gasteiger partial charge in [0.1, 0.15) is 9.53 Å². The summed E-state index contributed by atoms with van der Waals surface area (Å²) in [6, 6.07) is 7.95. The summed E-state index contributed by atoms with van der Waals surface area (Å²) in [5.41, 5.74) is 2.40. The molecule has 23 heavy (non-hydrogen) atoms. The van der Waals surface area contributed by atoms with Crippen LogP contribution in [0.25, 0.3) is 31.8 Å². The Bertz CT molecular complexity index is 1170. The molecular formula is C16H12N4O2S. The summed E-state index contributed by atoms with van der Waals surface area (Å²) < 4.78 is 0.457. The molecule has 0 fully saturated rings. The third-order valence-corrected chi connectivity index (χ3v) is 4.80. The molecule has 2 N–H and O–H groups in total. The van der Waals surface area contributed by atoms with E-state index in [1.54, 1.807) is 0 Å². The molecule has 7 heteroatoms. The third kappa shape index (κ3) is 2.17. The highest BCUT2D eigenvalue weighted by Crippen LogP contribution is 2.31. The van der Waals surface area contributed by atoms with Crippen LogP contribution in [-0.2, 0) is 0 Å². The van der Waals surface area contributed by atoms with E-state index < -0.39 is 11.2 Å². The standard InChI is InChI=1S/C16H12N4O2S/c1-7-3-5-9(6-4-7)13-17-8(2)10-11-12(23-15(10)19-13)14(21)20-16(22)18-11/h3-6H,1-2H3,(H2,18,20,21,22). The second kappa shape index (κ2) is 4.85. The first-order chi connectivity index (χ1) is 11.0. The number of rotatable bonds is 1. The molecule has 0 aliphatic carbocycles. The second-order valence-corrected chi connectivity index (χ2v) is 6.39. The first kappa shape index (κ1) is 13.8. The number of aromatic amines is 2. The molecule has 0 aliphatic rings. The van der Waals surface area contributed by atoms with Crippen LogP contribution in [0.1, 0.15) is 11.3 Å². The van der Waals surface area contributed by atoms with Gasteiger partial charge in [0, 0.05) is 5.56 Å². The first-order valence-corrected chi connectivity index (χ1v) is 7.85. The van der Waals surface area contributed by atoms with Crippen LogP contribution in [0.2, 0.25) is 0 Å². The first-order valence-electron chi connectivity index (χ1n) is 7.03. The van der Waals surface area contributed by atoms with Gasteiger partial charge in [-0.25, -0.2) is 14.8 Å². The summed E-state index contributed by atoms with van der Waals surface area (Å²) in [6.45, 7) is 3.88. The van der Waals surface area contributed by atoms with Gasteiger partial charge in [-0.1, -0.05) is 29.8 Å². The highest BCUT2D eigenvalue weighted by atomic mass is 32.1. The smallest absolute Gasteiger partial charge is 0.305 e. The van der Waals surface area contributed by atoms with E-state index in [2.05, 4.69) is 19.9 Å². The predicted molar refractivity (Wildman–Crippen MR) is 91.1 cm³/mol. The van der Waals surface area contributed by atoms with E-state index in [0.717, 1.165) is 22.2 Å². The quantitative estimate of drug-likeness (QED) is 0.563. The van der Waals surface area contributed by atoms with Gasteiger partial charge in [-0.3, -0.25) is 9.78 Å². The van der Waals surface area contributed by atoms with Crippen LogP contribution in [0.4, 0.5) is 0 Å². The molecule has 0 saturated carbocycles. The SMILES string of the molecule is Cc1ccc(-c2nc(C)c3c(n2)sc2c(=O)[nH]c(=O)[nH]c23)cc1. The Labute approximate surface area is 133 Å². The van der Waals surface area contributed by atoms with Crippen LogP contribution in [0.5, 0.6) is 0 Å². The molecule has 6 nitrogen and oxygen atoms in total. The van der Waals surface area contributed by atoms with Crippen molar-refractivity contribution in [3.05, 3.63) is 56.4 Å². The number of thiophene rings is 1. The summed E-state index contributed by atoms with van der Waals surface area (Å²) >= 11 is 1.26. The predicted octanol–water partition coefficient (Wildman–Crippen LogP) is 2.50. The summed E-state index contributed by atoms with van der Waals surface area (Å²) in [4.78, 5) is 38.2. The number of aryl methyl sites for hydroxylation is 2. The van der Waals surface area contributed by atoms with Crippen LogP contribution < -0.4 is 11.2 Å². The summed E-state index contributed by atoms with van der Waals surface area (Å²) in [5.74, 6) is 0.611. The van der Waals surface area contributed by atoms with Crippen molar-refractivity contribution in [3.8, 4) is 11.4 Å². The van der Waals surface area contributed by atoms with E-state index in [0.29, 0.717) is 20.9 Å². The molecule has 0 aliphatic heterocycles. The summed E-state index contributed by atoms with van der Waals surface area (Å²) in [6.07, 6.45) is 0. The van der Waals surface area contributed by atoms with Gasteiger partial charge in [0.05, 0.1) is 16.6 Å². The van der Waals surface area contributed by atoms with Crippen LogP contribution in [0.15, 0.2) is 33.9 Å². The Hall–Kier alpha value is -2.80. The molecule has 114 valence electrons. The molecular weight excluding hydrogens is 312 g/mol. The Kier molecular flexibility index (Phi) is 2.92. The molecule has 0 atom stereocenters. The van der Waals surface area contributed by atoms with Crippen molar-refractivity contribution in [2.75, 3.05) is 0 Å². The molecule has 0 spiro atoms. The molecule has 0 amide bonds. The second-order valence-electron chi connectivity index (χ2n) is 5.39. The van der Waals surface area contributed by atoms with E-state index >= 15 is 0 Å². The highest BCUT2D eigenvalue weighted by Gasteiger charge is 2.15. The van der Waals surface area contributed by atoms with E-state index in [4.69, 9.17) is 0 Å². The van der Waals surface area contributed by atoms with E-state index in [9.17, 15) is 9.59 Å². The molecule has 3 aromatic heterocycles. The normalized spacial score (nSPS) is 11.4. The van der Waals surface area contributed by atoms with Crippen molar-refractivity contribution >= 4 is 31.8 Å². The monoisotopic (exact) mass is 324 g/mol. The van der Waals surface area contributed by atoms with Crippen LogP contribution in [0, 0.1) is 13.8 Å². The molecule has 3 heterocycles. The van der Waals surface area contributed by atoms with Crippen molar-refractivity contribution < 1.29 is 0 Å². The lowest BCUT2D eigenvalue weighted by Crippen LogP contribution is -2.20. The zero-order chi connectivity index (χ0) is 16.1. The topological polar surface area (TPSA) is 91.5 Å². The Morgan fingerprint density at radius 2 is 1.74 bits per heavy atom. The number of aromatic nitrogens is 4. The lowest BCUT2D eigenvalue weighted by Gasteiger charge is -2.03. The number of nitrogens with one attached hydrogen (secondary N) is 2. The van der Waals surface area contributed by atoms with Gasteiger partial charge >= 0.3 is 5.69 Å². The Balaban J connectivity index is 2.07. The molecule has 4 rings (SSSR count). The lowest BCUT2D eigenvalue weighted by atomic mass is 10.1. The van der Waals surface area contributed by atoms with E-state index in [1.807, 2.05) is 38.1 Å². The zero-order valence-electron chi connectivity index (χ0n) is 12.4. The van der Waals surface area contributed by atoms with Gasteiger partial charge in [-0.2, -0.15) is 0 Å². The number of hydrogen-bond donors (Lipinski definition) is 2. The van der Waals surface area contributed by atoms with Crippen molar-refractivity contribution in [2.45, 2.75) is 13.8 Å². The Morgan fingerprint density at radius 1 is 1.00 bits per heavy atom. The number of hydrogen-bond acceptors (Lipinski definition) is 5. The zero-order valence-corrected chi connectivity index (χ0v) is 13.2. The number of nitrogens with zero attached hydrogens (tertiary/aromatic N) is 2. The molecule has 1 aromatic carbocycles. The molecule has 0 unspecified atom stereocenters. The lowest BCUT2D eigenvalue weighted by molar-refractivity contribution is 1.09. The van der Waals surface area contributed by atoms with Gasteiger partial charge in [0.15, 0.2) is 5.82 Å². The van der Waals surface area contributed by atoms with Crippen LogP contribution in [-0.4, -0.2) is 19.9 Å². The van der Waals surface area contributed by atoms with Crippen molar-refractivity contribution in [3.63, 3.8) is 0 Å². The maximum atomic E-state index is 12.0. The largest absolute Gasteiger partial charge is 0.326 e. The maximum Gasteiger partial charge on any atom is 0.326 e. The van der Waals surface area contributed by atoms with Crippen molar-refractivity contribution in [1.82, 2.24) is 19.9 Å². The minimum Gasteiger partial charge on any atom is -0.305 e. The number of benzene rings is 1. The van der Waals surface area contributed by atoms with Crippen molar-refractivity contribution in [2.24, 2.45) is 0 Å². The minimum absolute atomic E-state index is 0.400. The molecule has 0 saturated heterocycles. The minimum atomic E-state index is -0.524. The van der Waals surface area contributed by atoms with Gasteiger partial charge in [0.2, 0.25) is 0 Å². The fraction of sp³-hybridized carbons (Fsp3) is 0.125. The number of fused-ring (bicyclic) bond motifs is 3. The van der Waals surface area contributed by atoms with Gasteiger partial charge in [-0.05, 0) is 13.8 Å². The summed E-state index contributed by atoms with van der Waals surface area (Å²) in [5, 5.41) is 0.726. The van der Waals surface area contributed by atoms with Gasteiger partial charge in [-0.15, -0.1) is 11.3 Å². The average Bonchev–Trinajstić information content (AvgIpc) is 2.87. The molecule has 4 aromatic rings. The van der Waals surface area contributed by atoms with Gasteiger partial charge in [0.25, 0.3) is 5.56 Å². The fourth-order valence-corrected chi connectivity index (χ4v) is 3.66. The van der Waals surface area contributed by atoms with Crippen molar-refractivity contribution in [1.29, 1.82) is 0 Å². The maximum absolute atomic E-state index is 12.0. The molecule has 0 radical (unpaired) electrons. The Morgan fingerprint density at radius 3 is 2.48 bits per heavy atom. The van der Waals surface area contributed by atoms with E-state index in [1.165, 1.54) is 11.3 Å². The third-order valence-electron chi connectivity index (χ3n) is 3.71. The summed E-state index contributed by atoms with van der Waals surface area (Å²) in [7, 11) is 0. The number of H-pyrrole nitrogens is 2. The van der Waals surface area contributed by atoms with Crippen LogP contribution in [0.3, 0.4) is 0 Å². The van der Waals surface area contributed by atoms with Gasteiger partial charge < -0.3 is 4.98 Å². The average molecular weight is 324 g/mol. The fourth-order valence-electron chi connectivity index (χ4n) is 2.59. The van der Waals surface area contributed by atoms with E-state index in [-0.39, 0.29) is 0 Å². The highest BCUT2D eigenvalue weighted by molar-refractivity contribution is 7.25. The van der Waals surface area contributed by atoms with Crippen LogP contribution >= 0.6 is 11.3 Å². The molecule has 0 bridgehead atoms.